The first-order valence-electron chi connectivity index (χ1n) is 6.00. The van der Waals surface area contributed by atoms with E-state index in [2.05, 4.69) is 5.32 Å². The maximum atomic E-state index is 12.0. The van der Waals surface area contributed by atoms with Crippen LogP contribution >= 0.6 is 11.6 Å². The number of aromatic hydroxyl groups is 1. The normalized spacial score (nSPS) is 9.71. The zero-order valence-electron chi connectivity index (χ0n) is 10.8. The topological polar surface area (TPSA) is 82.3 Å². The van der Waals surface area contributed by atoms with Gasteiger partial charge in [-0.2, -0.15) is 5.26 Å². The third-order valence-electron chi connectivity index (χ3n) is 2.63. The van der Waals surface area contributed by atoms with Gasteiger partial charge in [0.05, 0.1) is 5.02 Å². The minimum atomic E-state index is -0.345. The van der Waals surface area contributed by atoms with Crippen LogP contribution in [0.3, 0.4) is 0 Å². The molecule has 5 nitrogen and oxygen atoms in total. The lowest BCUT2D eigenvalue weighted by Crippen LogP contribution is -2.11. The lowest BCUT2D eigenvalue weighted by atomic mass is 10.2. The number of halogens is 1. The quantitative estimate of drug-likeness (QED) is 0.908. The van der Waals surface area contributed by atoms with Gasteiger partial charge in [-0.25, -0.2) is 0 Å². The van der Waals surface area contributed by atoms with E-state index in [0.29, 0.717) is 17.0 Å². The van der Waals surface area contributed by atoms with E-state index in [1.807, 2.05) is 6.07 Å². The highest BCUT2D eigenvalue weighted by Crippen LogP contribution is 2.24. The SMILES string of the molecule is N#CCOc1ccc(NC(=O)c2ccc(O)c(Cl)c2)cc1. The van der Waals surface area contributed by atoms with E-state index < -0.39 is 0 Å². The van der Waals surface area contributed by atoms with Crippen molar-refractivity contribution in [3.05, 3.63) is 53.1 Å². The molecule has 6 heteroatoms. The molecule has 0 saturated heterocycles. The maximum absolute atomic E-state index is 12.0. The molecule has 21 heavy (non-hydrogen) atoms. The Morgan fingerprint density at radius 2 is 2.00 bits per heavy atom. The number of rotatable bonds is 4. The molecule has 0 fully saturated rings. The maximum Gasteiger partial charge on any atom is 0.255 e. The fourth-order valence-corrected chi connectivity index (χ4v) is 1.78. The second-order valence-corrected chi connectivity index (χ2v) is 4.50. The van der Waals surface area contributed by atoms with Crippen LogP contribution in [0, 0.1) is 11.3 Å². The number of nitriles is 1. The zero-order valence-corrected chi connectivity index (χ0v) is 11.6. The van der Waals surface area contributed by atoms with Gasteiger partial charge in [-0.1, -0.05) is 11.6 Å². The largest absolute Gasteiger partial charge is 0.506 e. The molecule has 0 aliphatic carbocycles. The van der Waals surface area contributed by atoms with Crippen LogP contribution < -0.4 is 10.1 Å². The minimum Gasteiger partial charge on any atom is -0.506 e. The van der Waals surface area contributed by atoms with Gasteiger partial charge in [0.1, 0.15) is 17.6 Å². The summed E-state index contributed by atoms with van der Waals surface area (Å²) in [4.78, 5) is 12.0. The Balaban J connectivity index is 2.05. The van der Waals surface area contributed by atoms with Crippen molar-refractivity contribution in [3.8, 4) is 17.6 Å². The molecule has 2 aromatic carbocycles. The molecule has 0 saturated carbocycles. The summed E-state index contributed by atoms with van der Waals surface area (Å²) in [7, 11) is 0. The Kier molecular flexibility index (Phi) is 4.64. The van der Waals surface area contributed by atoms with Crippen molar-refractivity contribution in [2.45, 2.75) is 0 Å². The molecule has 0 heterocycles. The van der Waals surface area contributed by atoms with Gasteiger partial charge in [0.15, 0.2) is 6.61 Å². The van der Waals surface area contributed by atoms with Crippen molar-refractivity contribution >= 4 is 23.2 Å². The monoisotopic (exact) mass is 302 g/mol. The Hall–Kier alpha value is -2.71. The van der Waals surface area contributed by atoms with Gasteiger partial charge in [0, 0.05) is 11.3 Å². The fourth-order valence-electron chi connectivity index (χ4n) is 1.60. The summed E-state index contributed by atoms with van der Waals surface area (Å²) in [6.45, 7) is -0.0300. The summed E-state index contributed by atoms with van der Waals surface area (Å²) in [6.07, 6.45) is 0. The van der Waals surface area contributed by atoms with Crippen molar-refractivity contribution in [1.82, 2.24) is 0 Å². The molecular weight excluding hydrogens is 292 g/mol. The van der Waals surface area contributed by atoms with Crippen LogP contribution in [0.1, 0.15) is 10.4 Å². The van der Waals surface area contributed by atoms with Gasteiger partial charge in [-0.15, -0.1) is 0 Å². The number of benzene rings is 2. The Bertz CT molecular complexity index is 693. The minimum absolute atomic E-state index is 0.0300. The Labute approximate surface area is 126 Å². The van der Waals surface area contributed by atoms with Gasteiger partial charge >= 0.3 is 0 Å². The molecule has 2 N–H and O–H groups in total. The number of nitrogens with zero attached hydrogens (tertiary/aromatic N) is 1. The van der Waals surface area contributed by atoms with Crippen LogP contribution in [0.4, 0.5) is 5.69 Å². The van der Waals surface area contributed by atoms with E-state index in [1.165, 1.54) is 18.2 Å². The molecule has 0 aliphatic heterocycles. The van der Waals surface area contributed by atoms with Gasteiger partial charge in [-0.05, 0) is 42.5 Å². The predicted molar refractivity (Wildman–Crippen MR) is 78.6 cm³/mol. The second-order valence-electron chi connectivity index (χ2n) is 4.09. The molecule has 2 rings (SSSR count). The molecule has 2 aromatic rings. The number of hydrogen-bond donors (Lipinski definition) is 2. The smallest absolute Gasteiger partial charge is 0.255 e. The van der Waals surface area contributed by atoms with Crippen LogP contribution in [0.2, 0.25) is 5.02 Å². The fraction of sp³-hybridized carbons (Fsp3) is 0.0667. The lowest BCUT2D eigenvalue weighted by Gasteiger charge is -2.07. The molecule has 106 valence electrons. The number of phenols is 1. The van der Waals surface area contributed by atoms with Crippen LogP contribution in [-0.4, -0.2) is 17.6 Å². The Morgan fingerprint density at radius 3 is 2.62 bits per heavy atom. The molecular formula is C15H11ClN2O3. The molecule has 0 radical (unpaired) electrons. The van der Waals surface area contributed by atoms with Crippen LogP contribution in [0.25, 0.3) is 0 Å². The third-order valence-corrected chi connectivity index (χ3v) is 2.93. The standard InChI is InChI=1S/C15H11ClN2O3/c16-13-9-10(1-6-14(13)19)15(20)18-11-2-4-12(5-3-11)21-8-7-17/h1-6,9,19H,8H2,(H,18,20). The number of hydrogen-bond acceptors (Lipinski definition) is 4. The number of nitrogens with one attached hydrogen (secondary N) is 1. The first kappa shape index (κ1) is 14.7. The van der Waals surface area contributed by atoms with Crippen molar-refractivity contribution in [2.24, 2.45) is 0 Å². The van der Waals surface area contributed by atoms with Crippen molar-refractivity contribution in [3.63, 3.8) is 0 Å². The summed E-state index contributed by atoms with van der Waals surface area (Å²) < 4.78 is 5.11. The zero-order chi connectivity index (χ0) is 15.2. The highest BCUT2D eigenvalue weighted by atomic mass is 35.5. The average molecular weight is 303 g/mol. The highest BCUT2D eigenvalue weighted by molar-refractivity contribution is 6.32. The lowest BCUT2D eigenvalue weighted by molar-refractivity contribution is 0.102. The first-order valence-corrected chi connectivity index (χ1v) is 6.37. The Morgan fingerprint density at radius 1 is 1.29 bits per heavy atom. The molecule has 0 spiro atoms. The summed E-state index contributed by atoms with van der Waals surface area (Å²) in [6, 6.07) is 12.7. The average Bonchev–Trinajstić information content (AvgIpc) is 2.49. The van der Waals surface area contributed by atoms with Gasteiger partial charge in [0.2, 0.25) is 0 Å². The number of ether oxygens (including phenoxy) is 1. The van der Waals surface area contributed by atoms with Crippen molar-refractivity contribution in [2.75, 3.05) is 11.9 Å². The number of carbonyl (C=O) groups is 1. The van der Waals surface area contributed by atoms with Gasteiger partial charge in [0.25, 0.3) is 5.91 Å². The van der Waals surface area contributed by atoms with Crippen molar-refractivity contribution < 1.29 is 14.6 Å². The molecule has 1 amide bonds. The van der Waals surface area contributed by atoms with E-state index in [9.17, 15) is 9.90 Å². The number of carbonyl (C=O) groups excluding carboxylic acids is 1. The van der Waals surface area contributed by atoms with E-state index >= 15 is 0 Å². The molecule has 0 bridgehead atoms. The summed E-state index contributed by atoms with van der Waals surface area (Å²) in [5, 5.41) is 20.5. The summed E-state index contributed by atoms with van der Waals surface area (Å²) >= 11 is 5.76. The van der Waals surface area contributed by atoms with Crippen LogP contribution in [0.5, 0.6) is 11.5 Å². The van der Waals surface area contributed by atoms with E-state index in [-0.39, 0.29) is 23.3 Å². The molecule has 0 atom stereocenters. The summed E-state index contributed by atoms with van der Waals surface area (Å²) in [5.74, 6) is 0.122. The first-order chi connectivity index (χ1) is 10.1. The van der Waals surface area contributed by atoms with E-state index in [4.69, 9.17) is 21.6 Å². The third kappa shape index (κ3) is 3.88. The number of anilines is 1. The van der Waals surface area contributed by atoms with E-state index in [0.717, 1.165) is 0 Å². The molecule has 0 aromatic heterocycles. The highest BCUT2D eigenvalue weighted by Gasteiger charge is 2.08. The number of amides is 1. The van der Waals surface area contributed by atoms with E-state index in [1.54, 1.807) is 24.3 Å². The van der Waals surface area contributed by atoms with Crippen LogP contribution in [-0.2, 0) is 0 Å². The summed E-state index contributed by atoms with van der Waals surface area (Å²) in [5.41, 5.74) is 0.913. The predicted octanol–water partition coefficient (Wildman–Crippen LogP) is 3.20. The molecule has 0 aliphatic rings. The van der Waals surface area contributed by atoms with Crippen LogP contribution in [0.15, 0.2) is 42.5 Å². The van der Waals surface area contributed by atoms with Gasteiger partial charge in [-0.3, -0.25) is 4.79 Å². The number of phenolic OH excluding ortho intramolecular Hbond substituents is 1. The van der Waals surface area contributed by atoms with Crippen molar-refractivity contribution in [1.29, 1.82) is 5.26 Å². The second kappa shape index (κ2) is 6.64. The van der Waals surface area contributed by atoms with Gasteiger partial charge < -0.3 is 15.2 Å². The molecule has 0 unspecified atom stereocenters.